The minimum absolute atomic E-state index is 0.128. The molecule has 2 aromatic carbocycles. The standard InChI is InChI=1S/C28H39NO4/c1-3-5-7-8-9-10-11-12-20-32-26-18-15-24(27(30)21-26)22-29-25-16-13-23(14-17-25)28(31)33-19-6-4-2/h13-18,21-22,30H,3-12,19-20H2,1-2H3. The topological polar surface area (TPSA) is 68.1 Å². The monoisotopic (exact) mass is 453 g/mol. The Morgan fingerprint density at radius 1 is 0.848 bits per heavy atom. The van der Waals surface area contributed by atoms with Gasteiger partial charge in [-0.15, -0.1) is 0 Å². The molecule has 33 heavy (non-hydrogen) atoms. The highest BCUT2D eigenvalue weighted by atomic mass is 16.5. The summed E-state index contributed by atoms with van der Waals surface area (Å²) < 4.78 is 11.0. The molecule has 0 bridgehead atoms. The van der Waals surface area contributed by atoms with Crippen LogP contribution >= 0.6 is 0 Å². The van der Waals surface area contributed by atoms with Gasteiger partial charge < -0.3 is 14.6 Å². The molecule has 0 aromatic heterocycles. The van der Waals surface area contributed by atoms with Crippen LogP contribution in [0.1, 0.15) is 94.0 Å². The van der Waals surface area contributed by atoms with Gasteiger partial charge in [0.25, 0.3) is 0 Å². The van der Waals surface area contributed by atoms with Gasteiger partial charge in [0, 0.05) is 17.8 Å². The Morgan fingerprint density at radius 3 is 2.18 bits per heavy atom. The van der Waals surface area contributed by atoms with E-state index in [-0.39, 0.29) is 11.7 Å². The summed E-state index contributed by atoms with van der Waals surface area (Å²) in [5.74, 6) is 0.473. The lowest BCUT2D eigenvalue weighted by molar-refractivity contribution is 0.0500. The van der Waals surface area contributed by atoms with E-state index in [1.54, 1.807) is 42.6 Å². The summed E-state index contributed by atoms with van der Waals surface area (Å²) in [6.07, 6.45) is 13.5. The summed E-state index contributed by atoms with van der Waals surface area (Å²) in [6, 6.07) is 12.2. The number of unbranched alkanes of at least 4 members (excludes halogenated alkanes) is 8. The highest BCUT2D eigenvalue weighted by molar-refractivity contribution is 5.90. The molecule has 0 amide bonds. The number of carbonyl (C=O) groups is 1. The molecule has 180 valence electrons. The van der Waals surface area contributed by atoms with Gasteiger partial charge in [-0.1, -0.05) is 65.2 Å². The number of carbonyl (C=O) groups excluding carboxylic acids is 1. The third-order valence-corrected chi connectivity index (χ3v) is 5.46. The van der Waals surface area contributed by atoms with Gasteiger partial charge in [-0.2, -0.15) is 0 Å². The van der Waals surface area contributed by atoms with Crippen LogP contribution in [0, 0.1) is 0 Å². The zero-order chi connectivity index (χ0) is 23.7. The van der Waals surface area contributed by atoms with Gasteiger partial charge in [-0.25, -0.2) is 4.79 Å². The molecule has 2 aromatic rings. The Hall–Kier alpha value is -2.82. The third kappa shape index (κ3) is 10.6. The molecule has 0 aliphatic rings. The van der Waals surface area contributed by atoms with Gasteiger partial charge >= 0.3 is 5.97 Å². The molecular formula is C28H39NO4. The molecule has 0 aliphatic heterocycles. The van der Waals surface area contributed by atoms with E-state index in [1.165, 1.54) is 44.9 Å². The zero-order valence-corrected chi connectivity index (χ0v) is 20.2. The summed E-state index contributed by atoms with van der Waals surface area (Å²) in [5, 5.41) is 10.3. The van der Waals surface area contributed by atoms with E-state index in [2.05, 4.69) is 18.8 Å². The number of rotatable bonds is 16. The predicted molar refractivity (Wildman–Crippen MR) is 135 cm³/mol. The van der Waals surface area contributed by atoms with Crippen molar-refractivity contribution in [1.29, 1.82) is 0 Å². The number of phenols is 1. The van der Waals surface area contributed by atoms with Crippen molar-refractivity contribution < 1.29 is 19.4 Å². The van der Waals surface area contributed by atoms with E-state index in [9.17, 15) is 9.90 Å². The Bertz CT molecular complexity index is 845. The number of nitrogens with zero attached hydrogens (tertiary/aromatic N) is 1. The highest BCUT2D eigenvalue weighted by Gasteiger charge is 2.06. The molecule has 0 saturated carbocycles. The lowest BCUT2D eigenvalue weighted by atomic mass is 10.1. The lowest BCUT2D eigenvalue weighted by Gasteiger charge is -2.08. The molecule has 0 aliphatic carbocycles. The zero-order valence-electron chi connectivity index (χ0n) is 20.2. The molecule has 0 radical (unpaired) electrons. The molecular weight excluding hydrogens is 414 g/mol. The first kappa shape index (κ1) is 26.4. The molecule has 0 atom stereocenters. The normalized spacial score (nSPS) is 11.1. The van der Waals surface area contributed by atoms with Crippen LogP contribution in [0.2, 0.25) is 0 Å². The molecule has 0 unspecified atom stereocenters. The number of hydrogen-bond donors (Lipinski definition) is 1. The van der Waals surface area contributed by atoms with Gasteiger partial charge in [-0.05, 0) is 49.2 Å². The maximum atomic E-state index is 12.0. The van der Waals surface area contributed by atoms with Gasteiger partial charge in [0.2, 0.25) is 0 Å². The maximum Gasteiger partial charge on any atom is 0.338 e. The molecule has 0 heterocycles. The van der Waals surface area contributed by atoms with Crippen molar-refractivity contribution in [3.05, 3.63) is 53.6 Å². The summed E-state index contributed by atoms with van der Waals surface area (Å²) in [5.41, 5.74) is 1.80. The minimum Gasteiger partial charge on any atom is -0.507 e. The largest absolute Gasteiger partial charge is 0.507 e. The smallest absolute Gasteiger partial charge is 0.338 e. The first-order chi connectivity index (χ1) is 16.1. The van der Waals surface area contributed by atoms with Crippen molar-refractivity contribution in [3.8, 4) is 11.5 Å². The molecule has 0 spiro atoms. The number of benzene rings is 2. The third-order valence-electron chi connectivity index (χ3n) is 5.46. The van der Waals surface area contributed by atoms with Crippen LogP contribution in [-0.4, -0.2) is 30.5 Å². The highest BCUT2D eigenvalue weighted by Crippen LogP contribution is 2.24. The Labute approximate surface area is 198 Å². The van der Waals surface area contributed by atoms with Crippen LogP contribution in [0.3, 0.4) is 0 Å². The van der Waals surface area contributed by atoms with Crippen LogP contribution < -0.4 is 4.74 Å². The minimum atomic E-state index is -0.320. The first-order valence-corrected chi connectivity index (χ1v) is 12.4. The van der Waals surface area contributed by atoms with E-state index >= 15 is 0 Å². The fourth-order valence-corrected chi connectivity index (χ4v) is 3.37. The molecule has 5 nitrogen and oxygen atoms in total. The summed E-state index contributed by atoms with van der Waals surface area (Å²) in [6.45, 7) is 5.39. The second-order valence-corrected chi connectivity index (χ2v) is 8.34. The van der Waals surface area contributed by atoms with Crippen molar-refractivity contribution >= 4 is 17.9 Å². The van der Waals surface area contributed by atoms with Crippen molar-refractivity contribution in [2.75, 3.05) is 13.2 Å². The number of hydrogen-bond acceptors (Lipinski definition) is 5. The second-order valence-electron chi connectivity index (χ2n) is 8.34. The molecule has 5 heteroatoms. The SMILES string of the molecule is CCCCCCCCCCOc1ccc(C=Nc2ccc(C(=O)OCCCC)cc2)c(O)c1. The Kier molecular flexibility index (Phi) is 12.7. The van der Waals surface area contributed by atoms with Gasteiger partial charge in [0.05, 0.1) is 24.5 Å². The predicted octanol–water partition coefficient (Wildman–Crippen LogP) is 7.62. The molecule has 2 rings (SSSR count). The van der Waals surface area contributed by atoms with Crippen molar-refractivity contribution in [1.82, 2.24) is 0 Å². The van der Waals surface area contributed by atoms with Crippen LogP contribution in [-0.2, 0) is 4.74 Å². The summed E-state index contributed by atoms with van der Waals surface area (Å²) in [4.78, 5) is 16.3. The van der Waals surface area contributed by atoms with Gasteiger partial charge in [-0.3, -0.25) is 4.99 Å². The fourth-order valence-electron chi connectivity index (χ4n) is 3.37. The van der Waals surface area contributed by atoms with Gasteiger partial charge in [0.15, 0.2) is 0 Å². The van der Waals surface area contributed by atoms with Crippen LogP contribution in [0.25, 0.3) is 0 Å². The first-order valence-electron chi connectivity index (χ1n) is 12.4. The fraction of sp³-hybridized carbons (Fsp3) is 0.500. The number of ether oxygens (including phenoxy) is 2. The van der Waals surface area contributed by atoms with E-state index in [0.717, 1.165) is 19.3 Å². The van der Waals surface area contributed by atoms with Crippen LogP contribution in [0.4, 0.5) is 5.69 Å². The lowest BCUT2D eigenvalue weighted by Crippen LogP contribution is -2.05. The number of phenolic OH excluding ortho intramolecular Hbond substituents is 1. The van der Waals surface area contributed by atoms with E-state index in [4.69, 9.17) is 9.47 Å². The van der Waals surface area contributed by atoms with E-state index in [0.29, 0.717) is 35.8 Å². The number of esters is 1. The van der Waals surface area contributed by atoms with Gasteiger partial charge in [0.1, 0.15) is 11.5 Å². The summed E-state index contributed by atoms with van der Waals surface area (Å²) in [7, 11) is 0. The maximum absolute atomic E-state index is 12.0. The number of aliphatic imine (C=N–C) groups is 1. The molecule has 0 saturated heterocycles. The molecule has 0 fully saturated rings. The van der Waals surface area contributed by atoms with Crippen LogP contribution in [0.5, 0.6) is 11.5 Å². The Morgan fingerprint density at radius 2 is 1.52 bits per heavy atom. The molecule has 1 N–H and O–H groups in total. The van der Waals surface area contributed by atoms with E-state index in [1.807, 2.05) is 6.07 Å². The van der Waals surface area contributed by atoms with Crippen molar-refractivity contribution in [2.45, 2.75) is 78.1 Å². The average molecular weight is 454 g/mol. The van der Waals surface area contributed by atoms with Crippen molar-refractivity contribution in [3.63, 3.8) is 0 Å². The number of aromatic hydroxyl groups is 1. The second kappa shape index (κ2) is 15.9. The van der Waals surface area contributed by atoms with Crippen LogP contribution in [0.15, 0.2) is 47.5 Å². The van der Waals surface area contributed by atoms with E-state index < -0.39 is 0 Å². The summed E-state index contributed by atoms with van der Waals surface area (Å²) >= 11 is 0. The quantitative estimate of drug-likeness (QED) is 0.161. The van der Waals surface area contributed by atoms with Crippen molar-refractivity contribution in [2.24, 2.45) is 4.99 Å². The Balaban J connectivity index is 1.75. The average Bonchev–Trinajstić information content (AvgIpc) is 2.83.